The number of aryl methyl sites for hydroxylation is 2. The molecule has 0 radical (unpaired) electrons. The van der Waals surface area contributed by atoms with E-state index >= 15 is 0 Å². The van der Waals surface area contributed by atoms with Gasteiger partial charge in [-0.3, -0.25) is 29.5 Å². The highest BCUT2D eigenvalue weighted by molar-refractivity contribution is 7.19. The quantitative estimate of drug-likeness (QED) is 0.183. The SMILES string of the molecule is N#CC1CN(C(=O)[C@H]2CCc3c(sc4ncnc(Nc5cnc6c(c5)C=NC6)c34)C2)C1.O=C(O)[C@H]1CCc2c(sc3ncnc(Nc4cnc5c(c4)C=NC5)c23)C1. The maximum Gasteiger partial charge on any atom is 0.306 e. The predicted molar refractivity (Wildman–Crippen MR) is 217 cm³/mol. The van der Waals surface area contributed by atoms with E-state index in [1.54, 1.807) is 41.5 Å². The lowest BCUT2D eigenvalue weighted by molar-refractivity contribution is -0.142. The van der Waals surface area contributed by atoms with Crippen LogP contribution in [0.3, 0.4) is 0 Å². The van der Waals surface area contributed by atoms with Gasteiger partial charge in [-0.25, -0.2) is 19.9 Å². The first kappa shape index (κ1) is 35.2. The lowest BCUT2D eigenvalue weighted by Gasteiger charge is -2.38. The van der Waals surface area contributed by atoms with Crippen molar-refractivity contribution < 1.29 is 14.7 Å². The monoisotopic (exact) mass is 794 g/mol. The number of fused-ring (bicyclic) bond motifs is 8. The fourth-order valence-corrected chi connectivity index (χ4v) is 10.7. The number of aliphatic imine (C=N–C) groups is 2. The fraction of sp³-hybridized carbons (Fsp3) is 0.325. The van der Waals surface area contributed by atoms with E-state index < -0.39 is 5.97 Å². The van der Waals surface area contributed by atoms with E-state index in [4.69, 9.17) is 5.26 Å². The summed E-state index contributed by atoms with van der Waals surface area (Å²) >= 11 is 3.23. The van der Waals surface area contributed by atoms with E-state index in [9.17, 15) is 14.7 Å². The molecule has 2 atom stereocenters. The van der Waals surface area contributed by atoms with Gasteiger partial charge in [0, 0.05) is 52.3 Å². The molecular formula is C40H34N12O3S2. The summed E-state index contributed by atoms with van der Waals surface area (Å²) < 4.78 is 0. The second-order valence-corrected chi connectivity index (χ2v) is 17.0. The summed E-state index contributed by atoms with van der Waals surface area (Å²) in [6.07, 6.45) is 14.8. The number of likely N-dealkylation sites (tertiary alicyclic amines) is 1. The third kappa shape index (κ3) is 6.53. The van der Waals surface area contributed by atoms with E-state index in [1.807, 2.05) is 35.7 Å². The third-order valence-electron chi connectivity index (χ3n) is 11.2. The van der Waals surface area contributed by atoms with E-state index in [0.29, 0.717) is 39.0 Å². The molecule has 6 aromatic heterocycles. The Morgan fingerprint density at radius 2 is 1.28 bits per heavy atom. The smallest absolute Gasteiger partial charge is 0.306 e. The minimum Gasteiger partial charge on any atom is -0.481 e. The summed E-state index contributed by atoms with van der Waals surface area (Å²) in [6.45, 7) is 2.42. The molecule has 1 fully saturated rings. The van der Waals surface area contributed by atoms with Crippen molar-refractivity contribution in [1.29, 1.82) is 5.26 Å². The van der Waals surface area contributed by atoms with Crippen molar-refractivity contribution >= 4 is 90.4 Å². The van der Waals surface area contributed by atoms with Crippen LogP contribution in [0.2, 0.25) is 0 Å². The number of nitrogens with one attached hydrogen (secondary N) is 2. The highest BCUT2D eigenvalue weighted by Gasteiger charge is 2.37. The van der Waals surface area contributed by atoms with Crippen molar-refractivity contribution in [2.75, 3.05) is 23.7 Å². The van der Waals surface area contributed by atoms with Gasteiger partial charge >= 0.3 is 5.97 Å². The molecule has 3 aliphatic heterocycles. The summed E-state index contributed by atoms with van der Waals surface area (Å²) in [4.78, 5) is 65.4. The molecule has 3 N–H and O–H groups in total. The van der Waals surface area contributed by atoms with Crippen LogP contribution >= 0.6 is 22.7 Å². The topological polar surface area (TPSA) is 208 Å². The van der Waals surface area contributed by atoms with E-state index in [-0.39, 0.29) is 23.7 Å². The number of nitrogens with zero attached hydrogens (tertiary/aromatic N) is 10. The number of hydrogen-bond donors (Lipinski definition) is 3. The van der Waals surface area contributed by atoms with Crippen LogP contribution in [0.5, 0.6) is 0 Å². The molecule has 5 aliphatic rings. The molecule has 0 saturated carbocycles. The molecule has 9 heterocycles. The molecular weight excluding hydrogens is 761 g/mol. The van der Waals surface area contributed by atoms with E-state index in [1.165, 1.54) is 16.0 Å². The lowest BCUT2D eigenvalue weighted by atomic mass is 9.85. The van der Waals surface area contributed by atoms with Gasteiger partial charge in [-0.2, -0.15) is 5.26 Å². The van der Waals surface area contributed by atoms with Crippen molar-refractivity contribution in [3.63, 3.8) is 0 Å². The summed E-state index contributed by atoms with van der Waals surface area (Å²) in [5.74, 6) is 0.677. The number of carboxylic acid groups (broad SMARTS) is 1. The van der Waals surface area contributed by atoms with Gasteiger partial charge in [0.25, 0.3) is 0 Å². The fourth-order valence-electron chi connectivity index (χ4n) is 8.21. The number of pyridine rings is 2. The summed E-state index contributed by atoms with van der Waals surface area (Å²) in [7, 11) is 0. The van der Waals surface area contributed by atoms with E-state index in [0.717, 1.165) is 96.5 Å². The first-order valence-corrected chi connectivity index (χ1v) is 20.4. The highest BCUT2D eigenvalue weighted by atomic mass is 32.1. The van der Waals surface area contributed by atoms with Crippen LogP contribution in [0.25, 0.3) is 20.4 Å². The van der Waals surface area contributed by atoms with Gasteiger partial charge in [0.2, 0.25) is 5.91 Å². The number of carbonyl (C=O) groups is 2. The number of aliphatic carboxylic acids is 1. The van der Waals surface area contributed by atoms with Gasteiger partial charge in [0.15, 0.2) is 0 Å². The molecule has 0 bridgehead atoms. The van der Waals surface area contributed by atoms with Crippen LogP contribution in [-0.4, -0.2) is 77.3 Å². The van der Waals surface area contributed by atoms with Gasteiger partial charge in [0.1, 0.15) is 34.0 Å². The zero-order chi connectivity index (χ0) is 38.6. The lowest BCUT2D eigenvalue weighted by Crippen LogP contribution is -2.52. The normalized spacial score (nSPS) is 18.8. The summed E-state index contributed by atoms with van der Waals surface area (Å²) in [5.41, 5.74) is 8.20. The summed E-state index contributed by atoms with van der Waals surface area (Å²) in [6, 6.07) is 6.30. The van der Waals surface area contributed by atoms with Gasteiger partial charge in [0.05, 0.1) is 76.9 Å². The number of hydrogen-bond acceptors (Lipinski definition) is 15. The Labute approximate surface area is 333 Å². The molecule has 0 spiro atoms. The van der Waals surface area contributed by atoms with Crippen LogP contribution in [0.15, 0.2) is 47.2 Å². The number of nitriles is 1. The molecule has 11 rings (SSSR count). The number of anilines is 4. The van der Waals surface area contributed by atoms with Crippen molar-refractivity contribution in [2.24, 2.45) is 27.7 Å². The van der Waals surface area contributed by atoms with Crippen molar-refractivity contribution in [3.05, 3.63) is 80.6 Å². The number of carbonyl (C=O) groups excluding carboxylic acids is 1. The number of amides is 1. The Kier molecular flexibility index (Phi) is 8.86. The van der Waals surface area contributed by atoms with Crippen LogP contribution in [0.4, 0.5) is 23.0 Å². The second kappa shape index (κ2) is 14.4. The van der Waals surface area contributed by atoms with Gasteiger partial charge in [-0.05, 0) is 61.8 Å². The predicted octanol–water partition coefficient (Wildman–Crippen LogP) is 5.80. The minimum absolute atomic E-state index is 0.00341. The standard InChI is InChI=1S/C22H19N7OS.C18H15N5O2S/c23-5-12-9-29(10-12)22(30)13-1-2-16-18(4-13)31-21-19(16)20(26-11-27-21)28-15-3-14-6-24-8-17(14)25-7-15;24-18(25)9-1-2-12-14(4-9)26-17-15(12)16(21-8-22-17)23-11-3-10-5-19-7-13(10)20-6-11/h3,6-7,11-13H,1-2,4,8-10H2,(H,26,27,28);3,5-6,8-9H,1-2,4,7H2,(H,24,25)(H,21,22,23)/t13-;9-/m00/s1. The first-order chi connectivity index (χ1) is 27.9. The largest absolute Gasteiger partial charge is 0.481 e. The molecule has 0 aromatic carbocycles. The minimum atomic E-state index is -0.719. The van der Waals surface area contributed by atoms with Gasteiger partial charge in [-0.1, -0.05) is 0 Å². The molecule has 0 unspecified atom stereocenters. The van der Waals surface area contributed by atoms with Crippen LogP contribution in [0.1, 0.15) is 56.2 Å². The molecule has 284 valence electrons. The zero-order valence-corrected chi connectivity index (χ0v) is 32.1. The van der Waals surface area contributed by atoms with Gasteiger partial charge in [-0.15, -0.1) is 22.7 Å². The van der Waals surface area contributed by atoms with Crippen LogP contribution in [-0.2, 0) is 48.4 Å². The average molecular weight is 795 g/mol. The Balaban J connectivity index is 0.000000141. The molecule has 15 nitrogen and oxygen atoms in total. The number of rotatable bonds is 6. The van der Waals surface area contributed by atoms with Crippen molar-refractivity contribution in [2.45, 2.75) is 51.6 Å². The number of aromatic nitrogens is 6. The second-order valence-electron chi connectivity index (χ2n) is 14.8. The average Bonchev–Trinajstić information content (AvgIpc) is 4.01. The molecule has 17 heteroatoms. The maximum atomic E-state index is 12.8. The Hall–Kier alpha value is -6.25. The Morgan fingerprint density at radius 1 is 0.754 bits per heavy atom. The molecule has 1 saturated heterocycles. The number of thiophene rings is 2. The first-order valence-electron chi connectivity index (χ1n) is 18.8. The summed E-state index contributed by atoms with van der Waals surface area (Å²) in [5, 5.41) is 27.1. The van der Waals surface area contributed by atoms with Crippen LogP contribution in [0, 0.1) is 29.1 Å². The molecule has 6 aromatic rings. The van der Waals surface area contributed by atoms with Crippen molar-refractivity contribution in [3.8, 4) is 6.07 Å². The number of carboxylic acids is 1. The van der Waals surface area contributed by atoms with Crippen molar-refractivity contribution in [1.82, 2.24) is 34.8 Å². The van der Waals surface area contributed by atoms with E-state index in [2.05, 4.69) is 56.6 Å². The Morgan fingerprint density at radius 3 is 1.81 bits per heavy atom. The highest BCUT2D eigenvalue weighted by Crippen LogP contribution is 2.42. The van der Waals surface area contributed by atoms with Crippen LogP contribution < -0.4 is 10.6 Å². The third-order valence-corrected chi connectivity index (χ3v) is 13.6. The van der Waals surface area contributed by atoms with Gasteiger partial charge < -0.3 is 20.6 Å². The molecule has 2 aliphatic carbocycles. The maximum absolute atomic E-state index is 12.8. The molecule has 57 heavy (non-hydrogen) atoms. The Bertz CT molecular complexity index is 2730. The zero-order valence-electron chi connectivity index (χ0n) is 30.5. The molecule has 1 amide bonds.